The van der Waals surface area contributed by atoms with Crippen LogP contribution in [-0.2, 0) is 9.47 Å². The normalized spacial score (nSPS) is 22.9. The molecule has 1 fully saturated rings. The van der Waals surface area contributed by atoms with Crippen LogP contribution in [0.4, 0.5) is 0 Å². The number of methoxy groups -OCH3 is 1. The predicted molar refractivity (Wildman–Crippen MR) is 191 cm³/mol. The van der Waals surface area contributed by atoms with Gasteiger partial charge in [0.25, 0.3) is 0 Å². The summed E-state index contributed by atoms with van der Waals surface area (Å²) in [6.45, 7) is 2.13. The molecule has 1 saturated carbocycles. The fourth-order valence-electron chi connectivity index (χ4n) is 6.87. The van der Waals surface area contributed by atoms with Crippen molar-refractivity contribution >= 4 is 33.1 Å². The summed E-state index contributed by atoms with van der Waals surface area (Å²) in [6, 6.07) is 41.6. The molecule has 7 rings (SSSR count). The van der Waals surface area contributed by atoms with E-state index in [1.165, 1.54) is 20.9 Å². The number of thioether (sulfide) groups is 1. The van der Waals surface area contributed by atoms with Crippen molar-refractivity contribution in [1.82, 2.24) is 0 Å². The Labute approximate surface area is 276 Å². The van der Waals surface area contributed by atoms with Crippen molar-refractivity contribution in [1.29, 1.82) is 0 Å². The lowest BCUT2D eigenvalue weighted by Crippen LogP contribution is -2.57. The van der Waals surface area contributed by atoms with E-state index in [9.17, 15) is 5.11 Å². The maximum atomic E-state index is 11.8. The Morgan fingerprint density at radius 3 is 1.54 bits per heavy atom. The molecular weight excluding hydrogens is 585 g/mol. The molecule has 4 heteroatoms. The first kappa shape index (κ1) is 30.3. The number of allylic oxidation sites excluding steroid dienone is 5. The topological polar surface area (TPSA) is 38.7 Å². The third kappa shape index (κ3) is 6.21. The van der Waals surface area contributed by atoms with Crippen LogP contribution < -0.4 is 0 Å². The van der Waals surface area contributed by atoms with E-state index >= 15 is 0 Å². The molecule has 4 aromatic carbocycles. The Hall–Kier alpha value is -4.35. The summed E-state index contributed by atoms with van der Waals surface area (Å²) >= 11 is 1.82. The monoisotopic (exact) mass is 622 g/mol. The van der Waals surface area contributed by atoms with Crippen LogP contribution in [-0.4, -0.2) is 24.4 Å². The standard InChI is InChI=1S/C42H38O3S/c1-28(34-26-36(30-15-7-3-8-16-30)45-37(27-34)31-17-9-4-10-18-31)40-41(43)35(42(40)44-2)23-29-24-38(32-19-11-5-12-20-32)46-39(25-29)33-21-13-6-14-22-33/h3-22,24-27,29,35,40-43H,23H2,1-2H3. The SMILES string of the molecule is COC1C(CC2C=C(c3ccccc3)SC(c3ccccc3)=C2)C(O)C1C(C)=C1C=C(c2ccccc2)OC(c2ccccc2)=C1. The van der Waals surface area contributed by atoms with Gasteiger partial charge >= 0.3 is 0 Å². The summed E-state index contributed by atoms with van der Waals surface area (Å²) < 4.78 is 12.6. The van der Waals surface area contributed by atoms with Gasteiger partial charge in [0.15, 0.2) is 0 Å². The zero-order valence-electron chi connectivity index (χ0n) is 26.1. The molecule has 0 saturated heterocycles. The van der Waals surface area contributed by atoms with E-state index in [1.54, 1.807) is 7.11 Å². The van der Waals surface area contributed by atoms with Crippen LogP contribution in [0, 0.1) is 17.8 Å². The molecule has 4 atom stereocenters. The molecule has 1 N–H and O–H groups in total. The molecule has 0 amide bonds. The highest BCUT2D eigenvalue weighted by molar-refractivity contribution is 8.16. The Morgan fingerprint density at radius 2 is 1.11 bits per heavy atom. The quantitative estimate of drug-likeness (QED) is 0.212. The van der Waals surface area contributed by atoms with Crippen LogP contribution in [0.5, 0.6) is 0 Å². The minimum atomic E-state index is -0.515. The molecule has 4 unspecified atom stereocenters. The van der Waals surface area contributed by atoms with Gasteiger partial charge in [-0.1, -0.05) is 151 Å². The summed E-state index contributed by atoms with van der Waals surface area (Å²) in [4.78, 5) is 2.51. The fourth-order valence-corrected chi connectivity index (χ4v) is 8.10. The maximum absolute atomic E-state index is 11.8. The van der Waals surface area contributed by atoms with Crippen LogP contribution >= 0.6 is 11.8 Å². The molecule has 4 aromatic rings. The first-order valence-electron chi connectivity index (χ1n) is 15.9. The molecule has 3 aliphatic rings. The summed E-state index contributed by atoms with van der Waals surface area (Å²) in [6.07, 6.45) is 9.14. The van der Waals surface area contributed by atoms with E-state index in [0.717, 1.165) is 40.2 Å². The third-order valence-electron chi connectivity index (χ3n) is 9.33. The van der Waals surface area contributed by atoms with Gasteiger partial charge in [0.05, 0.1) is 12.2 Å². The van der Waals surface area contributed by atoms with Crippen LogP contribution in [0.3, 0.4) is 0 Å². The average molecular weight is 623 g/mol. The average Bonchev–Trinajstić information content (AvgIpc) is 3.13. The number of ether oxygens (including phenoxy) is 2. The third-order valence-corrected chi connectivity index (χ3v) is 10.5. The second-order valence-corrected chi connectivity index (χ2v) is 13.2. The van der Waals surface area contributed by atoms with Gasteiger partial charge in [0.2, 0.25) is 0 Å². The molecule has 0 spiro atoms. The Morgan fingerprint density at radius 1 is 0.674 bits per heavy atom. The van der Waals surface area contributed by atoms with E-state index in [0.29, 0.717) is 0 Å². The highest BCUT2D eigenvalue weighted by Gasteiger charge is 2.51. The fraction of sp³-hybridized carbons (Fsp3) is 0.190. The first-order chi connectivity index (χ1) is 22.6. The van der Waals surface area contributed by atoms with E-state index < -0.39 is 6.10 Å². The number of rotatable bonds is 8. The van der Waals surface area contributed by atoms with Crippen LogP contribution in [0.15, 0.2) is 157 Å². The van der Waals surface area contributed by atoms with Gasteiger partial charge < -0.3 is 14.6 Å². The lowest BCUT2D eigenvalue weighted by atomic mass is 9.62. The Bertz CT molecular complexity index is 1710. The molecular formula is C42H38O3S. The van der Waals surface area contributed by atoms with Gasteiger partial charge in [0.1, 0.15) is 11.5 Å². The molecule has 2 aliphatic heterocycles. The van der Waals surface area contributed by atoms with Crippen molar-refractivity contribution in [2.24, 2.45) is 17.8 Å². The highest BCUT2D eigenvalue weighted by atomic mass is 32.2. The first-order valence-corrected chi connectivity index (χ1v) is 16.8. The van der Waals surface area contributed by atoms with Gasteiger partial charge in [-0.15, -0.1) is 0 Å². The van der Waals surface area contributed by atoms with E-state index in [2.05, 4.69) is 116 Å². The van der Waals surface area contributed by atoms with Crippen molar-refractivity contribution in [2.45, 2.75) is 25.6 Å². The van der Waals surface area contributed by atoms with E-state index in [-0.39, 0.29) is 23.9 Å². The van der Waals surface area contributed by atoms with Crippen molar-refractivity contribution in [2.75, 3.05) is 7.11 Å². The minimum Gasteiger partial charge on any atom is -0.456 e. The van der Waals surface area contributed by atoms with Crippen molar-refractivity contribution in [3.63, 3.8) is 0 Å². The lowest BCUT2D eigenvalue weighted by Gasteiger charge is -2.50. The molecule has 0 aromatic heterocycles. The van der Waals surface area contributed by atoms with Gasteiger partial charge in [0, 0.05) is 39.9 Å². The molecule has 2 heterocycles. The molecule has 230 valence electrons. The maximum Gasteiger partial charge on any atom is 0.135 e. The summed E-state index contributed by atoms with van der Waals surface area (Å²) in [5.41, 5.74) is 6.64. The summed E-state index contributed by atoms with van der Waals surface area (Å²) in [7, 11) is 1.78. The molecule has 3 nitrogen and oxygen atoms in total. The zero-order chi connectivity index (χ0) is 31.5. The number of benzene rings is 4. The van der Waals surface area contributed by atoms with Crippen molar-refractivity contribution in [3.05, 3.63) is 179 Å². The molecule has 1 aliphatic carbocycles. The molecule has 0 bridgehead atoms. The Balaban J connectivity index is 1.19. The van der Waals surface area contributed by atoms with Crippen molar-refractivity contribution in [3.8, 4) is 0 Å². The van der Waals surface area contributed by atoms with Gasteiger partial charge in [-0.3, -0.25) is 0 Å². The predicted octanol–water partition coefficient (Wildman–Crippen LogP) is 9.87. The zero-order valence-corrected chi connectivity index (χ0v) is 26.9. The molecule has 46 heavy (non-hydrogen) atoms. The number of hydrogen-bond donors (Lipinski definition) is 1. The second kappa shape index (κ2) is 13.6. The highest BCUT2D eigenvalue weighted by Crippen LogP contribution is 2.50. The largest absolute Gasteiger partial charge is 0.456 e. The van der Waals surface area contributed by atoms with Gasteiger partial charge in [-0.05, 0) is 48.1 Å². The van der Waals surface area contributed by atoms with Crippen LogP contribution in [0.25, 0.3) is 21.3 Å². The number of hydrogen-bond acceptors (Lipinski definition) is 4. The number of aliphatic hydroxyl groups excluding tert-OH is 1. The second-order valence-electron chi connectivity index (χ2n) is 12.2. The summed E-state index contributed by atoms with van der Waals surface area (Å²) in [5.74, 6) is 1.67. The van der Waals surface area contributed by atoms with E-state index in [1.807, 2.05) is 48.2 Å². The van der Waals surface area contributed by atoms with Crippen LogP contribution in [0.1, 0.15) is 35.6 Å². The Kier molecular flexibility index (Phi) is 8.94. The van der Waals surface area contributed by atoms with Crippen LogP contribution in [0.2, 0.25) is 0 Å². The molecule has 0 radical (unpaired) electrons. The van der Waals surface area contributed by atoms with Gasteiger partial charge in [-0.25, -0.2) is 0 Å². The summed E-state index contributed by atoms with van der Waals surface area (Å²) in [5, 5.41) is 11.8. The van der Waals surface area contributed by atoms with E-state index in [4.69, 9.17) is 9.47 Å². The number of aliphatic hydroxyl groups is 1. The smallest absolute Gasteiger partial charge is 0.135 e. The minimum absolute atomic E-state index is 0.00943. The van der Waals surface area contributed by atoms with Crippen molar-refractivity contribution < 1.29 is 14.6 Å². The lowest BCUT2D eigenvalue weighted by molar-refractivity contribution is -0.156. The van der Waals surface area contributed by atoms with Gasteiger partial charge in [-0.2, -0.15) is 0 Å².